The molecule has 3 rings (SSSR count). The quantitative estimate of drug-likeness (QED) is 0.850. The minimum atomic E-state index is -3.35. The molecule has 1 amide bonds. The molecule has 27 heavy (non-hydrogen) atoms. The van der Waals surface area contributed by atoms with Crippen LogP contribution in [0.15, 0.2) is 41.3 Å². The highest BCUT2D eigenvalue weighted by Crippen LogP contribution is 2.41. The first kappa shape index (κ1) is 19.2. The summed E-state index contributed by atoms with van der Waals surface area (Å²) in [5, 5.41) is 2.71. The SMILES string of the molecule is Cc1ccc(S(C)(=O)=O)cc1NC(=O)COc1cccc2c1OC(C)(C)C2. The summed E-state index contributed by atoms with van der Waals surface area (Å²) in [5.74, 6) is 0.819. The van der Waals surface area contributed by atoms with Crippen molar-refractivity contribution >= 4 is 21.4 Å². The zero-order valence-corrected chi connectivity index (χ0v) is 16.6. The van der Waals surface area contributed by atoms with Gasteiger partial charge in [-0.05, 0) is 44.5 Å². The van der Waals surface area contributed by atoms with Crippen molar-refractivity contribution < 1.29 is 22.7 Å². The zero-order chi connectivity index (χ0) is 19.8. The summed E-state index contributed by atoms with van der Waals surface area (Å²) in [4.78, 5) is 12.5. The van der Waals surface area contributed by atoms with E-state index in [2.05, 4.69) is 5.32 Å². The van der Waals surface area contributed by atoms with Crippen LogP contribution in [0.2, 0.25) is 0 Å². The molecule has 2 aromatic carbocycles. The topological polar surface area (TPSA) is 81.7 Å². The van der Waals surface area contributed by atoms with E-state index in [-0.39, 0.29) is 23.0 Å². The zero-order valence-electron chi connectivity index (χ0n) is 15.8. The molecular weight excluding hydrogens is 366 g/mol. The van der Waals surface area contributed by atoms with Gasteiger partial charge in [-0.1, -0.05) is 18.2 Å². The number of carbonyl (C=O) groups excluding carboxylic acids is 1. The Morgan fingerprint density at radius 1 is 1.26 bits per heavy atom. The third-order valence-corrected chi connectivity index (χ3v) is 5.44. The number of sulfone groups is 1. The van der Waals surface area contributed by atoms with E-state index in [1.165, 1.54) is 12.1 Å². The molecule has 1 N–H and O–H groups in total. The van der Waals surface area contributed by atoms with E-state index in [9.17, 15) is 13.2 Å². The van der Waals surface area contributed by atoms with Crippen LogP contribution in [0, 0.1) is 6.92 Å². The van der Waals surface area contributed by atoms with Gasteiger partial charge in [0, 0.05) is 23.9 Å². The molecule has 1 heterocycles. The normalized spacial score (nSPS) is 15.0. The number of hydrogen-bond donors (Lipinski definition) is 1. The molecule has 0 spiro atoms. The Balaban J connectivity index is 1.70. The number of nitrogens with one attached hydrogen (secondary N) is 1. The molecule has 1 aliphatic heterocycles. The highest BCUT2D eigenvalue weighted by molar-refractivity contribution is 7.90. The maximum Gasteiger partial charge on any atom is 0.262 e. The van der Waals surface area contributed by atoms with E-state index in [1.54, 1.807) is 19.1 Å². The Bertz CT molecular complexity index is 995. The lowest BCUT2D eigenvalue weighted by Crippen LogP contribution is -2.25. The predicted molar refractivity (Wildman–Crippen MR) is 103 cm³/mol. The minimum absolute atomic E-state index is 0.154. The predicted octanol–water partition coefficient (Wildman–Crippen LogP) is 3.13. The number of rotatable bonds is 5. The van der Waals surface area contributed by atoms with Gasteiger partial charge in [-0.15, -0.1) is 0 Å². The van der Waals surface area contributed by atoms with E-state index >= 15 is 0 Å². The lowest BCUT2D eigenvalue weighted by molar-refractivity contribution is -0.118. The third-order valence-electron chi connectivity index (χ3n) is 4.33. The summed E-state index contributed by atoms with van der Waals surface area (Å²) in [6.07, 6.45) is 1.91. The third kappa shape index (κ3) is 4.42. The van der Waals surface area contributed by atoms with Crippen molar-refractivity contribution in [1.82, 2.24) is 0 Å². The molecule has 0 radical (unpaired) electrons. The van der Waals surface area contributed by atoms with Crippen molar-refractivity contribution in [3.63, 3.8) is 0 Å². The molecule has 0 aliphatic carbocycles. The molecule has 0 saturated heterocycles. The van der Waals surface area contributed by atoms with Gasteiger partial charge in [0.2, 0.25) is 0 Å². The molecule has 1 aliphatic rings. The lowest BCUT2D eigenvalue weighted by atomic mass is 10.0. The van der Waals surface area contributed by atoms with Crippen molar-refractivity contribution in [3.05, 3.63) is 47.5 Å². The summed E-state index contributed by atoms with van der Waals surface area (Å²) in [7, 11) is -3.35. The monoisotopic (exact) mass is 389 g/mol. The number of para-hydroxylation sites is 1. The number of benzene rings is 2. The van der Waals surface area contributed by atoms with Gasteiger partial charge in [-0.2, -0.15) is 0 Å². The number of carbonyl (C=O) groups is 1. The fourth-order valence-electron chi connectivity index (χ4n) is 3.00. The van der Waals surface area contributed by atoms with Crippen LogP contribution in [0.3, 0.4) is 0 Å². The van der Waals surface area contributed by atoms with E-state index in [4.69, 9.17) is 9.47 Å². The maximum absolute atomic E-state index is 12.3. The Morgan fingerprint density at radius 3 is 2.70 bits per heavy atom. The van der Waals surface area contributed by atoms with Gasteiger partial charge in [0.15, 0.2) is 27.9 Å². The van der Waals surface area contributed by atoms with Crippen molar-refractivity contribution in [1.29, 1.82) is 0 Å². The Labute approximate surface area is 159 Å². The molecule has 0 bridgehead atoms. The van der Waals surface area contributed by atoms with Gasteiger partial charge in [0.05, 0.1) is 4.90 Å². The first-order chi connectivity index (χ1) is 12.5. The van der Waals surface area contributed by atoms with Gasteiger partial charge in [-0.3, -0.25) is 4.79 Å². The lowest BCUT2D eigenvalue weighted by Gasteiger charge is -2.18. The summed E-state index contributed by atoms with van der Waals surface area (Å²) in [5.41, 5.74) is 1.96. The van der Waals surface area contributed by atoms with Crippen LogP contribution in [-0.2, 0) is 21.1 Å². The average Bonchev–Trinajstić information content (AvgIpc) is 2.88. The summed E-state index contributed by atoms with van der Waals surface area (Å²) in [6.45, 7) is 5.59. The van der Waals surface area contributed by atoms with Crippen molar-refractivity contribution in [2.24, 2.45) is 0 Å². The number of fused-ring (bicyclic) bond motifs is 1. The van der Waals surface area contributed by atoms with Gasteiger partial charge in [0.1, 0.15) is 5.60 Å². The number of ether oxygens (including phenoxy) is 2. The van der Waals surface area contributed by atoms with Crippen LogP contribution in [0.25, 0.3) is 0 Å². The van der Waals surface area contributed by atoms with Crippen LogP contribution in [0.4, 0.5) is 5.69 Å². The number of anilines is 1. The van der Waals surface area contributed by atoms with E-state index < -0.39 is 9.84 Å². The number of amides is 1. The Hall–Kier alpha value is -2.54. The second-order valence-corrected chi connectivity index (χ2v) is 9.38. The highest BCUT2D eigenvalue weighted by Gasteiger charge is 2.32. The van der Waals surface area contributed by atoms with Crippen molar-refractivity contribution in [2.45, 2.75) is 37.7 Å². The second kappa shape index (κ2) is 6.88. The highest BCUT2D eigenvalue weighted by atomic mass is 32.2. The fraction of sp³-hybridized carbons (Fsp3) is 0.350. The summed E-state index contributed by atoms with van der Waals surface area (Å²) < 4.78 is 35.0. The summed E-state index contributed by atoms with van der Waals surface area (Å²) >= 11 is 0. The van der Waals surface area contributed by atoms with Crippen LogP contribution in [-0.4, -0.2) is 32.8 Å². The van der Waals surface area contributed by atoms with Crippen LogP contribution < -0.4 is 14.8 Å². The van der Waals surface area contributed by atoms with Gasteiger partial charge >= 0.3 is 0 Å². The molecular formula is C20H23NO5S. The molecule has 144 valence electrons. The molecule has 7 heteroatoms. The molecule has 0 aromatic heterocycles. The molecule has 0 fully saturated rings. The molecule has 2 aromatic rings. The van der Waals surface area contributed by atoms with Gasteiger partial charge in [0.25, 0.3) is 5.91 Å². The Kier molecular flexibility index (Phi) is 4.90. The smallest absolute Gasteiger partial charge is 0.262 e. The van der Waals surface area contributed by atoms with E-state index in [0.717, 1.165) is 23.8 Å². The van der Waals surface area contributed by atoms with Gasteiger partial charge in [-0.25, -0.2) is 8.42 Å². The first-order valence-electron chi connectivity index (χ1n) is 8.59. The fourth-order valence-corrected chi connectivity index (χ4v) is 3.64. The molecule has 6 nitrogen and oxygen atoms in total. The van der Waals surface area contributed by atoms with Crippen LogP contribution >= 0.6 is 0 Å². The number of hydrogen-bond acceptors (Lipinski definition) is 5. The van der Waals surface area contributed by atoms with Crippen molar-refractivity contribution in [2.75, 3.05) is 18.2 Å². The standard InChI is InChI=1S/C20H23NO5S/c1-13-8-9-15(27(4,23)24)10-16(13)21-18(22)12-25-17-7-5-6-14-11-20(2,3)26-19(14)17/h5-10H,11-12H2,1-4H3,(H,21,22). The van der Waals surface area contributed by atoms with Crippen molar-refractivity contribution in [3.8, 4) is 11.5 Å². The first-order valence-corrected chi connectivity index (χ1v) is 10.5. The molecule has 0 saturated carbocycles. The maximum atomic E-state index is 12.3. The Morgan fingerprint density at radius 2 is 2.00 bits per heavy atom. The van der Waals surface area contributed by atoms with Crippen LogP contribution in [0.1, 0.15) is 25.0 Å². The minimum Gasteiger partial charge on any atom is -0.483 e. The van der Waals surface area contributed by atoms with Gasteiger partial charge < -0.3 is 14.8 Å². The molecule has 0 atom stereocenters. The second-order valence-electron chi connectivity index (χ2n) is 7.37. The van der Waals surface area contributed by atoms with Crippen LogP contribution in [0.5, 0.6) is 11.5 Å². The average molecular weight is 389 g/mol. The molecule has 0 unspecified atom stereocenters. The number of aryl methyl sites for hydroxylation is 1. The van der Waals surface area contributed by atoms with E-state index in [0.29, 0.717) is 17.2 Å². The summed E-state index contributed by atoms with van der Waals surface area (Å²) in [6, 6.07) is 10.3. The largest absolute Gasteiger partial charge is 0.483 e. The van der Waals surface area contributed by atoms with E-state index in [1.807, 2.05) is 26.0 Å².